The molecule has 1 saturated heterocycles. The number of carboxylic acids is 1. The summed E-state index contributed by atoms with van der Waals surface area (Å²) in [4.78, 5) is 10.3. The topological polar surface area (TPSA) is 61.4 Å². The maximum atomic E-state index is 10.3. The second kappa shape index (κ2) is 5.90. The Hall–Kier alpha value is -0.840. The lowest BCUT2D eigenvalue weighted by Crippen LogP contribution is -2.30. The van der Waals surface area contributed by atoms with Gasteiger partial charge in [0.05, 0.1) is 0 Å². The Balaban J connectivity index is 2.05. The smallest absolute Gasteiger partial charge is 0.303 e. The van der Waals surface area contributed by atoms with Crippen molar-refractivity contribution in [2.24, 2.45) is 0 Å². The molecule has 5 heteroatoms. The minimum atomic E-state index is -0.704. The quantitative estimate of drug-likeness (QED) is 0.473. The van der Waals surface area contributed by atoms with Crippen molar-refractivity contribution in [3.63, 3.8) is 0 Å². The number of carbonyl (C=O) groups is 1. The predicted molar refractivity (Wildman–Crippen MR) is 62.8 cm³/mol. The Kier molecular flexibility index (Phi) is 4.81. The van der Waals surface area contributed by atoms with Crippen LogP contribution in [0.5, 0.6) is 0 Å². The fraction of sp³-hybridized carbons (Fsp3) is 0.800. The molecule has 86 valence electrons. The zero-order valence-electron chi connectivity index (χ0n) is 8.95. The molecule has 0 spiro atoms. The number of carboxylic acid groups (broad SMARTS) is 1. The van der Waals surface area contributed by atoms with Crippen LogP contribution in [0.2, 0.25) is 0 Å². The van der Waals surface area contributed by atoms with Crippen LogP contribution >= 0.6 is 12.2 Å². The van der Waals surface area contributed by atoms with Gasteiger partial charge in [0.25, 0.3) is 0 Å². The van der Waals surface area contributed by atoms with Crippen LogP contribution in [0.1, 0.15) is 39.0 Å². The Morgan fingerprint density at radius 2 is 2.13 bits per heavy atom. The average molecular weight is 230 g/mol. The maximum Gasteiger partial charge on any atom is 0.303 e. The van der Waals surface area contributed by atoms with Gasteiger partial charge < -0.3 is 15.7 Å². The molecule has 0 saturated carbocycles. The Morgan fingerprint density at radius 1 is 1.40 bits per heavy atom. The largest absolute Gasteiger partial charge is 0.481 e. The molecule has 1 aliphatic rings. The van der Waals surface area contributed by atoms with Gasteiger partial charge in [-0.3, -0.25) is 4.79 Å². The number of nitrogens with one attached hydrogen (secondary N) is 2. The molecule has 0 aliphatic carbocycles. The van der Waals surface area contributed by atoms with Crippen molar-refractivity contribution in [2.45, 2.75) is 51.1 Å². The maximum absolute atomic E-state index is 10.3. The van der Waals surface area contributed by atoms with Crippen molar-refractivity contribution in [1.82, 2.24) is 10.6 Å². The molecule has 0 amide bonds. The van der Waals surface area contributed by atoms with Crippen molar-refractivity contribution in [3.8, 4) is 0 Å². The molecule has 0 unspecified atom stereocenters. The Bertz CT molecular complexity index is 246. The first kappa shape index (κ1) is 12.2. The molecule has 1 fully saturated rings. The van der Waals surface area contributed by atoms with Gasteiger partial charge in [0, 0.05) is 18.5 Å². The van der Waals surface area contributed by atoms with Crippen molar-refractivity contribution >= 4 is 23.3 Å². The van der Waals surface area contributed by atoms with Crippen molar-refractivity contribution in [3.05, 3.63) is 0 Å². The Morgan fingerprint density at radius 3 is 2.67 bits per heavy atom. The van der Waals surface area contributed by atoms with Crippen LogP contribution in [0.4, 0.5) is 0 Å². The first-order chi connectivity index (χ1) is 7.09. The molecule has 3 N–H and O–H groups in total. The highest BCUT2D eigenvalue weighted by atomic mass is 32.1. The molecular weight excluding hydrogens is 212 g/mol. The summed E-state index contributed by atoms with van der Waals surface area (Å²) in [5.74, 6) is -0.704. The van der Waals surface area contributed by atoms with Crippen LogP contribution in [0.3, 0.4) is 0 Å². The van der Waals surface area contributed by atoms with Crippen LogP contribution in [0.15, 0.2) is 0 Å². The molecule has 0 aromatic heterocycles. The number of hydrogen-bond donors (Lipinski definition) is 3. The van der Waals surface area contributed by atoms with Crippen molar-refractivity contribution < 1.29 is 9.90 Å². The lowest BCUT2D eigenvalue weighted by molar-refractivity contribution is -0.137. The molecule has 15 heavy (non-hydrogen) atoms. The van der Waals surface area contributed by atoms with Crippen molar-refractivity contribution in [1.29, 1.82) is 0 Å². The number of thiocarbonyl (C=S) groups is 1. The molecule has 1 aliphatic heterocycles. The van der Waals surface area contributed by atoms with Gasteiger partial charge in [-0.15, -0.1) is 0 Å². The summed E-state index contributed by atoms with van der Waals surface area (Å²) in [5, 5.41) is 15.6. The molecule has 0 radical (unpaired) electrons. The monoisotopic (exact) mass is 230 g/mol. The van der Waals surface area contributed by atoms with E-state index in [0.717, 1.165) is 30.8 Å². The van der Waals surface area contributed by atoms with E-state index in [-0.39, 0.29) is 6.42 Å². The molecule has 0 bridgehead atoms. The van der Waals surface area contributed by atoms with E-state index >= 15 is 0 Å². The van der Waals surface area contributed by atoms with Gasteiger partial charge in [0.2, 0.25) is 0 Å². The zero-order valence-corrected chi connectivity index (χ0v) is 9.77. The number of aliphatic carboxylic acids is 1. The summed E-state index contributed by atoms with van der Waals surface area (Å²) < 4.78 is 0. The number of hydrogen-bond acceptors (Lipinski definition) is 2. The summed E-state index contributed by atoms with van der Waals surface area (Å²) in [6.07, 6.45) is 4.14. The molecule has 0 aromatic rings. The number of rotatable bonds is 6. The molecule has 1 rings (SSSR count). The number of unbranched alkanes of at least 4 members (excludes halogenated alkanes) is 2. The average Bonchev–Trinajstić information content (AvgIpc) is 2.44. The lowest BCUT2D eigenvalue weighted by atomic mass is 10.0. The normalized spacial score (nSPS) is 24.7. The van der Waals surface area contributed by atoms with E-state index in [1.807, 2.05) is 0 Å². The highest BCUT2D eigenvalue weighted by molar-refractivity contribution is 7.80. The molecule has 1 heterocycles. The first-order valence-corrected chi connectivity index (χ1v) is 5.79. The van der Waals surface area contributed by atoms with Crippen LogP contribution in [-0.4, -0.2) is 28.3 Å². The van der Waals surface area contributed by atoms with E-state index in [0.29, 0.717) is 12.1 Å². The lowest BCUT2D eigenvalue weighted by Gasteiger charge is -2.13. The molecule has 4 nitrogen and oxygen atoms in total. The van der Waals surface area contributed by atoms with Crippen LogP contribution in [-0.2, 0) is 4.79 Å². The van der Waals surface area contributed by atoms with E-state index < -0.39 is 5.97 Å². The van der Waals surface area contributed by atoms with Gasteiger partial charge in [0.1, 0.15) is 0 Å². The van der Waals surface area contributed by atoms with Crippen molar-refractivity contribution in [2.75, 3.05) is 0 Å². The summed E-state index contributed by atoms with van der Waals surface area (Å²) >= 11 is 5.01. The molecule has 0 aromatic carbocycles. The van der Waals surface area contributed by atoms with E-state index in [2.05, 4.69) is 17.6 Å². The molecule has 2 atom stereocenters. The predicted octanol–water partition coefficient (Wildman–Crippen LogP) is 1.26. The van der Waals surface area contributed by atoms with Gasteiger partial charge in [-0.05, 0) is 32.0 Å². The van der Waals surface area contributed by atoms with Gasteiger partial charge in [-0.1, -0.05) is 12.8 Å². The van der Waals surface area contributed by atoms with Gasteiger partial charge >= 0.3 is 5.97 Å². The summed E-state index contributed by atoms with van der Waals surface area (Å²) in [5.41, 5.74) is 0. The molecular formula is C10H18N2O2S. The summed E-state index contributed by atoms with van der Waals surface area (Å²) in [6, 6.07) is 0.791. The summed E-state index contributed by atoms with van der Waals surface area (Å²) in [7, 11) is 0. The third-order valence-electron chi connectivity index (χ3n) is 2.68. The van der Waals surface area contributed by atoms with Crippen LogP contribution < -0.4 is 10.6 Å². The fourth-order valence-electron chi connectivity index (χ4n) is 1.78. The summed E-state index contributed by atoms with van der Waals surface area (Å²) in [6.45, 7) is 2.11. The Labute approximate surface area is 95.4 Å². The second-order valence-corrected chi connectivity index (χ2v) is 4.41. The zero-order chi connectivity index (χ0) is 11.3. The first-order valence-electron chi connectivity index (χ1n) is 5.38. The van der Waals surface area contributed by atoms with Gasteiger partial charge in [-0.25, -0.2) is 0 Å². The highest BCUT2D eigenvalue weighted by Crippen LogP contribution is 2.11. The third kappa shape index (κ3) is 4.46. The minimum Gasteiger partial charge on any atom is -0.481 e. The second-order valence-electron chi connectivity index (χ2n) is 4.01. The highest BCUT2D eigenvalue weighted by Gasteiger charge is 2.24. The van der Waals surface area contributed by atoms with Gasteiger partial charge in [0.15, 0.2) is 5.11 Å². The SMILES string of the molecule is C[C@@H]1NC(=S)N[C@@H]1CCCCCC(=O)O. The van der Waals surface area contributed by atoms with E-state index in [4.69, 9.17) is 17.3 Å². The van der Waals surface area contributed by atoms with E-state index in [1.165, 1.54) is 0 Å². The van der Waals surface area contributed by atoms with Gasteiger partial charge in [-0.2, -0.15) is 0 Å². The van der Waals surface area contributed by atoms with Crippen LogP contribution in [0, 0.1) is 0 Å². The fourth-order valence-corrected chi connectivity index (χ4v) is 2.12. The minimum absolute atomic E-state index is 0.282. The third-order valence-corrected chi connectivity index (χ3v) is 2.92. The standard InChI is InChI=1S/C10H18N2O2S/c1-7-8(12-10(15)11-7)5-3-2-4-6-9(13)14/h7-8H,2-6H2,1H3,(H,13,14)(H2,11,12,15)/t7-,8+/m0/s1. The van der Waals surface area contributed by atoms with E-state index in [9.17, 15) is 4.79 Å². The van der Waals surface area contributed by atoms with E-state index in [1.54, 1.807) is 0 Å². The van der Waals surface area contributed by atoms with Crippen LogP contribution in [0.25, 0.3) is 0 Å².